The third-order valence-corrected chi connectivity index (χ3v) is 4.54. The van der Waals surface area contributed by atoms with E-state index in [9.17, 15) is 4.79 Å². The third-order valence-electron chi connectivity index (χ3n) is 3.45. The molecule has 7 heteroatoms. The first-order valence-corrected chi connectivity index (χ1v) is 8.51. The molecule has 0 aliphatic heterocycles. The summed E-state index contributed by atoms with van der Waals surface area (Å²) in [4.78, 5) is 22.7. The Morgan fingerprint density at radius 2 is 2.22 bits per heavy atom. The highest BCUT2D eigenvalue weighted by molar-refractivity contribution is 7.25. The van der Waals surface area contributed by atoms with Gasteiger partial charge in [0.25, 0.3) is 5.56 Å². The molecule has 0 spiro atoms. The number of aryl methyl sites for hydroxylation is 1. The van der Waals surface area contributed by atoms with Crippen molar-refractivity contribution < 1.29 is 4.74 Å². The van der Waals surface area contributed by atoms with E-state index in [4.69, 9.17) is 4.74 Å². The topological polar surface area (TPSA) is 69.4 Å². The van der Waals surface area contributed by atoms with Crippen molar-refractivity contribution in [3.8, 4) is 0 Å². The van der Waals surface area contributed by atoms with Crippen LogP contribution in [0.4, 0.5) is 0 Å². The second-order valence-corrected chi connectivity index (χ2v) is 5.91. The lowest BCUT2D eigenvalue weighted by atomic mass is 10.3. The lowest BCUT2D eigenvalue weighted by Crippen LogP contribution is -2.23. The number of thiophene rings is 1. The molecule has 0 aliphatic carbocycles. The normalized spacial score (nSPS) is 12.2. The molecule has 0 aromatic carbocycles. The molecule has 3 aromatic rings. The Morgan fingerprint density at radius 3 is 2.91 bits per heavy atom. The maximum Gasteiger partial charge on any atom is 0.292 e. The van der Waals surface area contributed by atoms with Gasteiger partial charge in [-0.15, -0.1) is 16.4 Å². The zero-order chi connectivity index (χ0) is 16.4. The van der Waals surface area contributed by atoms with Gasteiger partial charge in [0.05, 0.1) is 12.1 Å². The third kappa shape index (κ3) is 2.72. The van der Waals surface area contributed by atoms with Crippen molar-refractivity contribution in [1.82, 2.24) is 14.6 Å². The van der Waals surface area contributed by atoms with Gasteiger partial charge in [0.1, 0.15) is 15.4 Å². The van der Waals surface area contributed by atoms with Crippen LogP contribution in [0.2, 0.25) is 0 Å². The summed E-state index contributed by atoms with van der Waals surface area (Å²) in [6, 6.07) is 3.80. The zero-order valence-corrected chi connectivity index (χ0v) is 14.2. The fourth-order valence-electron chi connectivity index (χ4n) is 2.38. The maximum atomic E-state index is 12.9. The van der Waals surface area contributed by atoms with E-state index in [1.807, 2.05) is 32.9 Å². The predicted octanol–water partition coefficient (Wildman–Crippen LogP) is 3.18. The van der Waals surface area contributed by atoms with E-state index in [2.05, 4.69) is 15.1 Å². The molecule has 3 rings (SSSR count). The SMILES string of the molecule is CCOC(CC)=Nn1c(CC)nc2c(sc3ncccc32)c1=O. The van der Waals surface area contributed by atoms with Crippen LogP contribution >= 0.6 is 11.3 Å². The van der Waals surface area contributed by atoms with Crippen LogP contribution in [0.5, 0.6) is 0 Å². The van der Waals surface area contributed by atoms with Gasteiger partial charge in [-0.2, -0.15) is 4.68 Å². The van der Waals surface area contributed by atoms with E-state index in [1.165, 1.54) is 16.0 Å². The molecule has 3 heterocycles. The number of hydrogen-bond donors (Lipinski definition) is 0. The summed E-state index contributed by atoms with van der Waals surface area (Å²) in [5.74, 6) is 1.15. The fourth-order valence-corrected chi connectivity index (χ4v) is 3.38. The standard InChI is InChI=1S/C16H18N4O2S/c1-4-11-18-13-10-8-7-9-17-15(10)23-14(13)16(21)20(11)19-12(5-2)22-6-3/h7-9H,4-6H2,1-3H3. The van der Waals surface area contributed by atoms with E-state index < -0.39 is 0 Å². The molecule has 0 atom stereocenters. The largest absolute Gasteiger partial charge is 0.480 e. The first kappa shape index (κ1) is 15.6. The van der Waals surface area contributed by atoms with Crippen molar-refractivity contribution in [1.29, 1.82) is 0 Å². The summed E-state index contributed by atoms with van der Waals surface area (Å²) >= 11 is 1.35. The Hall–Kier alpha value is -2.28. The maximum absolute atomic E-state index is 12.9. The molecule has 0 fully saturated rings. The molecule has 0 radical (unpaired) electrons. The van der Waals surface area contributed by atoms with Gasteiger partial charge in [-0.3, -0.25) is 4.79 Å². The second-order valence-electron chi connectivity index (χ2n) is 4.91. The molecule has 0 bridgehead atoms. The molecule has 0 aliphatic rings. The smallest absolute Gasteiger partial charge is 0.292 e. The van der Waals surface area contributed by atoms with Crippen LogP contribution in [-0.2, 0) is 11.2 Å². The first-order chi connectivity index (χ1) is 11.2. The minimum atomic E-state index is -0.166. The van der Waals surface area contributed by atoms with Gasteiger partial charge in [0.2, 0.25) is 5.90 Å². The van der Waals surface area contributed by atoms with Crippen LogP contribution in [-0.4, -0.2) is 27.1 Å². The zero-order valence-electron chi connectivity index (χ0n) is 13.4. The first-order valence-electron chi connectivity index (χ1n) is 7.69. The average Bonchev–Trinajstić information content (AvgIpc) is 2.95. The summed E-state index contributed by atoms with van der Waals surface area (Å²) in [5.41, 5.74) is 0.543. The summed E-state index contributed by atoms with van der Waals surface area (Å²) < 4.78 is 7.42. The van der Waals surface area contributed by atoms with E-state index >= 15 is 0 Å². The van der Waals surface area contributed by atoms with Crippen molar-refractivity contribution in [2.75, 3.05) is 6.61 Å². The minimum Gasteiger partial charge on any atom is -0.480 e. The van der Waals surface area contributed by atoms with Crippen molar-refractivity contribution in [3.63, 3.8) is 0 Å². The average molecular weight is 330 g/mol. The van der Waals surface area contributed by atoms with Gasteiger partial charge in [-0.1, -0.05) is 13.8 Å². The Balaban J connectivity index is 2.32. The van der Waals surface area contributed by atoms with Crippen LogP contribution in [0, 0.1) is 0 Å². The summed E-state index contributed by atoms with van der Waals surface area (Å²) in [6.07, 6.45) is 2.95. The molecular formula is C16H18N4O2S. The van der Waals surface area contributed by atoms with E-state index in [-0.39, 0.29) is 5.56 Å². The molecule has 23 heavy (non-hydrogen) atoms. The Bertz CT molecular complexity index is 942. The predicted molar refractivity (Wildman–Crippen MR) is 93.3 cm³/mol. The fraction of sp³-hybridized carbons (Fsp3) is 0.375. The number of nitrogens with zero attached hydrogens (tertiary/aromatic N) is 4. The molecular weight excluding hydrogens is 312 g/mol. The lowest BCUT2D eigenvalue weighted by molar-refractivity contribution is 0.314. The van der Waals surface area contributed by atoms with Crippen LogP contribution < -0.4 is 5.56 Å². The van der Waals surface area contributed by atoms with Crippen molar-refractivity contribution in [2.24, 2.45) is 5.10 Å². The van der Waals surface area contributed by atoms with Crippen LogP contribution in [0.15, 0.2) is 28.2 Å². The summed E-state index contributed by atoms with van der Waals surface area (Å²) in [5, 5.41) is 5.29. The van der Waals surface area contributed by atoms with E-state index in [0.29, 0.717) is 41.4 Å². The van der Waals surface area contributed by atoms with Gasteiger partial charge >= 0.3 is 0 Å². The van der Waals surface area contributed by atoms with Crippen molar-refractivity contribution in [2.45, 2.75) is 33.6 Å². The minimum absolute atomic E-state index is 0.166. The van der Waals surface area contributed by atoms with Crippen LogP contribution in [0.1, 0.15) is 33.0 Å². The van der Waals surface area contributed by atoms with Crippen LogP contribution in [0.25, 0.3) is 20.4 Å². The molecule has 3 aromatic heterocycles. The van der Waals surface area contributed by atoms with Gasteiger partial charge in [0, 0.05) is 24.4 Å². The number of rotatable bonds is 4. The Labute approximate surface area is 137 Å². The van der Waals surface area contributed by atoms with Crippen molar-refractivity contribution in [3.05, 3.63) is 34.5 Å². The molecule has 0 amide bonds. The second kappa shape index (κ2) is 6.45. The molecule has 0 saturated heterocycles. The number of pyridine rings is 1. The van der Waals surface area contributed by atoms with Gasteiger partial charge in [-0.05, 0) is 19.1 Å². The molecule has 0 unspecified atom stereocenters. The van der Waals surface area contributed by atoms with Gasteiger partial charge in [-0.25, -0.2) is 9.97 Å². The number of aromatic nitrogens is 3. The number of fused-ring (bicyclic) bond motifs is 3. The quantitative estimate of drug-likeness (QED) is 0.544. The summed E-state index contributed by atoms with van der Waals surface area (Å²) in [6.45, 7) is 6.32. The Morgan fingerprint density at radius 1 is 1.39 bits per heavy atom. The lowest BCUT2D eigenvalue weighted by Gasteiger charge is -2.09. The molecule has 6 nitrogen and oxygen atoms in total. The highest BCUT2D eigenvalue weighted by Gasteiger charge is 2.16. The summed E-state index contributed by atoms with van der Waals surface area (Å²) in [7, 11) is 0. The Kier molecular flexibility index (Phi) is 4.38. The van der Waals surface area contributed by atoms with Crippen LogP contribution in [0.3, 0.4) is 0 Å². The van der Waals surface area contributed by atoms with Gasteiger partial charge in [0.15, 0.2) is 0 Å². The van der Waals surface area contributed by atoms with Crippen molar-refractivity contribution >= 4 is 37.7 Å². The highest BCUT2D eigenvalue weighted by atomic mass is 32.1. The monoisotopic (exact) mass is 330 g/mol. The highest BCUT2D eigenvalue weighted by Crippen LogP contribution is 2.28. The van der Waals surface area contributed by atoms with E-state index in [1.54, 1.807) is 6.20 Å². The molecule has 0 saturated carbocycles. The molecule has 120 valence electrons. The van der Waals surface area contributed by atoms with Gasteiger partial charge < -0.3 is 4.74 Å². The molecule has 0 N–H and O–H groups in total. The van der Waals surface area contributed by atoms with E-state index in [0.717, 1.165) is 10.2 Å². The number of hydrogen-bond acceptors (Lipinski definition) is 6. The number of ether oxygens (including phenoxy) is 1.